The van der Waals surface area contributed by atoms with E-state index in [9.17, 15) is 4.79 Å². The normalized spacial score (nSPS) is 29.5. The third kappa shape index (κ3) is 4.33. The van der Waals surface area contributed by atoms with Crippen molar-refractivity contribution in [3.05, 3.63) is 33.8 Å². The molecule has 0 spiro atoms. The van der Waals surface area contributed by atoms with Crippen LogP contribution in [0.1, 0.15) is 37.7 Å². The van der Waals surface area contributed by atoms with Crippen LogP contribution in [0.2, 0.25) is 10.0 Å². The van der Waals surface area contributed by atoms with Crippen LogP contribution in [0.3, 0.4) is 0 Å². The Morgan fingerprint density at radius 3 is 2.30 bits per heavy atom. The van der Waals surface area contributed by atoms with Gasteiger partial charge in [0, 0.05) is 22.1 Å². The molecule has 2 fully saturated rings. The number of carbonyl (C=O) groups excluding carboxylic acids is 1. The van der Waals surface area contributed by atoms with Crippen LogP contribution in [-0.4, -0.2) is 18.0 Å². The SMILES string of the molecule is Cl.NC1CC2CCCC(C1)C2NC(=O)Cc1c(Cl)cccc1Cl. The smallest absolute Gasteiger partial charge is 0.224 e. The van der Waals surface area contributed by atoms with Gasteiger partial charge in [0.1, 0.15) is 0 Å². The lowest BCUT2D eigenvalue weighted by Gasteiger charge is -2.45. The van der Waals surface area contributed by atoms with Gasteiger partial charge in [-0.25, -0.2) is 0 Å². The van der Waals surface area contributed by atoms with Gasteiger partial charge in [0.05, 0.1) is 6.42 Å². The van der Waals surface area contributed by atoms with E-state index >= 15 is 0 Å². The van der Waals surface area contributed by atoms with E-state index < -0.39 is 0 Å². The molecule has 2 bridgehead atoms. The minimum Gasteiger partial charge on any atom is -0.353 e. The second-order valence-electron chi connectivity index (χ2n) is 6.65. The van der Waals surface area contributed by atoms with E-state index in [4.69, 9.17) is 28.9 Å². The highest BCUT2D eigenvalue weighted by atomic mass is 35.5. The van der Waals surface area contributed by atoms with Gasteiger partial charge < -0.3 is 11.1 Å². The Labute approximate surface area is 153 Å². The average molecular weight is 378 g/mol. The summed E-state index contributed by atoms with van der Waals surface area (Å²) < 4.78 is 0. The van der Waals surface area contributed by atoms with Gasteiger partial charge in [0.2, 0.25) is 5.91 Å². The number of rotatable bonds is 3. The topological polar surface area (TPSA) is 55.1 Å². The molecule has 2 aliphatic rings. The molecule has 0 heterocycles. The predicted molar refractivity (Wildman–Crippen MR) is 97.4 cm³/mol. The first-order chi connectivity index (χ1) is 10.5. The quantitative estimate of drug-likeness (QED) is 0.837. The van der Waals surface area contributed by atoms with Crippen LogP contribution in [0.15, 0.2) is 18.2 Å². The van der Waals surface area contributed by atoms with Crippen molar-refractivity contribution in [1.82, 2.24) is 5.32 Å². The van der Waals surface area contributed by atoms with Gasteiger partial charge in [-0.2, -0.15) is 0 Å². The fraction of sp³-hybridized carbons (Fsp3) is 0.588. The molecule has 3 rings (SSSR count). The Morgan fingerprint density at radius 2 is 1.74 bits per heavy atom. The molecule has 3 nitrogen and oxygen atoms in total. The van der Waals surface area contributed by atoms with Gasteiger partial charge in [0.25, 0.3) is 0 Å². The molecule has 1 aromatic carbocycles. The number of hydrogen-bond acceptors (Lipinski definition) is 2. The van der Waals surface area contributed by atoms with E-state index in [0.717, 1.165) is 12.8 Å². The monoisotopic (exact) mass is 376 g/mol. The van der Waals surface area contributed by atoms with E-state index in [0.29, 0.717) is 33.5 Å². The summed E-state index contributed by atoms with van der Waals surface area (Å²) in [6, 6.07) is 5.89. The van der Waals surface area contributed by atoms with Crippen molar-refractivity contribution in [2.75, 3.05) is 0 Å². The molecule has 6 heteroatoms. The van der Waals surface area contributed by atoms with Crippen molar-refractivity contribution in [3.8, 4) is 0 Å². The molecule has 0 aromatic heterocycles. The number of fused-ring (bicyclic) bond motifs is 2. The highest BCUT2D eigenvalue weighted by Gasteiger charge is 2.39. The summed E-state index contributed by atoms with van der Waals surface area (Å²) in [6.45, 7) is 0. The molecule has 0 aliphatic heterocycles. The van der Waals surface area contributed by atoms with Crippen LogP contribution < -0.4 is 11.1 Å². The second-order valence-corrected chi connectivity index (χ2v) is 7.47. The van der Waals surface area contributed by atoms with Gasteiger partial charge in [-0.1, -0.05) is 35.7 Å². The minimum atomic E-state index is 0. The number of hydrogen-bond donors (Lipinski definition) is 2. The molecular formula is C17H23Cl3N2O. The zero-order valence-corrected chi connectivity index (χ0v) is 15.3. The minimum absolute atomic E-state index is 0. The Kier molecular flexibility index (Phi) is 6.61. The Morgan fingerprint density at radius 1 is 1.17 bits per heavy atom. The number of halogens is 3. The fourth-order valence-electron chi connectivity index (χ4n) is 4.12. The zero-order valence-electron chi connectivity index (χ0n) is 12.9. The molecule has 2 saturated carbocycles. The third-order valence-corrected chi connectivity index (χ3v) is 5.81. The lowest BCUT2D eigenvalue weighted by Crippen LogP contribution is -2.54. The highest BCUT2D eigenvalue weighted by molar-refractivity contribution is 6.36. The summed E-state index contributed by atoms with van der Waals surface area (Å²) in [4.78, 5) is 12.4. The number of benzene rings is 1. The number of nitrogens with two attached hydrogens (primary N) is 1. The summed E-state index contributed by atoms with van der Waals surface area (Å²) >= 11 is 12.3. The Balaban J connectivity index is 0.00000192. The maximum Gasteiger partial charge on any atom is 0.224 e. The van der Waals surface area contributed by atoms with Crippen molar-refractivity contribution in [2.24, 2.45) is 17.6 Å². The molecule has 23 heavy (non-hydrogen) atoms. The van der Waals surface area contributed by atoms with Crippen LogP contribution in [0, 0.1) is 11.8 Å². The van der Waals surface area contributed by atoms with E-state index in [1.807, 2.05) is 0 Å². The van der Waals surface area contributed by atoms with Gasteiger partial charge in [-0.05, 0) is 55.2 Å². The van der Waals surface area contributed by atoms with Gasteiger partial charge >= 0.3 is 0 Å². The molecule has 2 unspecified atom stereocenters. The first-order valence-corrected chi connectivity index (χ1v) is 8.78. The van der Waals surface area contributed by atoms with E-state index in [1.165, 1.54) is 19.3 Å². The predicted octanol–water partition coefficient (Wildman–Crippen LogP) is 3.98. The first-order valence-electron chi connectivity index (χ1n) is 8.02. The van der Waals surface area contributed by atoms with Crippen LogP contribution in [0.25, 0.3) is 0 Å². The van der Waals surface area contributed by atoms with Crippen LogP contribution >= 0.6 is 35.6 Å². The lowest BCUT2D eigenvalue weighted by molar-refractivity contribution is -0.122. The maximum atomic E-state index is 12.4. The van der Waals surface area contributed by atoms with Crippen LogP contribution in [-0.2, 0) is 11.2 Å². The third-order valence-electron chi connectivity index (χ3n) is 5.10. The maximum absolute atomic E-state index is 12.4. The van der Waals surface area contributed by atoms with E-state index in [1.54, 1.807) is 18.2 Å². The molecule has 1 aromatic rings. The summed E-state index contributed by atoms with van der Waals surface area (Å²) in [5.41, 5.74) is 6.84. The van der Waals surface area contributed by atoms with Crippen LogP contribution in [0.5, 0.6) is 0 Å². The first kappa shape index (κ1) is 18.9. The van der Waals surface area contributed by atoms with E-state index in [-0.39, 0.29) is 30.8 Å². The van der Waals surface area contributed by atoms with Gasteiger partial charge in [0.15, 0.2) is 0 Å². The Hall–Kier alpha value is -0.480. The van der Waals surface area contributed by atoms with Crippen molar-refractivity contribution < 1.29 is 4.79 Å². The molecule has 128 valence electrons. The zero-order chi connectivity index (χ0) is 15.7. The standard InChI is InChI=1S/C17H22Cl2N2O.ClH/c18-14-5-2-6-15(19)13(14)9-16(22)21-17-10-3-1-4-11(17)8-12(20)7-10;/h2,5-6,10-12,17H,1,3-4,7-9,20H2,(H,21,22);1H. The summed E-state index contributed by atoms with van der Waals surface area (Å²) in [5, 5.41) is 4.33. The highest BCUT2D eigenvalue weighted by Crippen LogP contribution is 2.39. The van der Waals surface area contributed by atoms with Gasteiger partial charge in [-0.3, -0.25) is 4.79 Å². The molecule has 0 radical (unpaired) electrons. The number of amides is 1. The molecule has 2 aliphatic carbocycles. The summed E-state index contributed by atoms with van der Waals surface area (Å²) in [5.74, 6) is 1.05. The van der Waals surface area contributed by atoms with Crippen molar-refractivity contribution in [1.29, 1.82) is 0 Å². The fourth-order valence-corrected chi connectivity index (χ4v) is 4.65. The molecular weight excluding hydrogens is 355 g/mol. The molecule has 3 N–H and O–H groups in total. The average Bonchev–Trinajstić information content (AvgIpc) is 2.44. The van der Waals surface area contributed by atoms with Crippen molar-refractivity contribution in [3.63, 3.8) is 0 Å². The summed E-state index contributed by atoms with van der Waals surface area (Å²) in [6.07, 6.45) is 5.87. The molecule has 1 amide bonds. The van der Waals surface area contributed by atoms with E-state index in [2.05, 4.69) is 5.32 Å². The van der Waals surface area contributed by atoms with Crippen molar-refractivity contribution in [2.45, 2.75) is 50.6 Å². The molecule has 0 saturated heterocycles. The largest absolute Gasteiger partial charge is 0.353 e. The van der Waals surface area contributed by atoms with Crippen LogP contribution in [0.4, 0.5) is 0 Å². The Bertz CT molecular complexity index is 533. The lowest BCUT2D eigenvalue weighted by atomic mass is 9.67. The number of nitrogens with one attached hydrogen (secondary N) is 1. The summed E-state index contributed by atoms with van der Waals surface area (Å²) in [7, 11) is 0. The van der Waals surface area contributed by atoms with Gasteiger partial charge in [-0.15, -0.1) is 12.4 Å². The molecule has 2 atom stereocenters. The second kappa shape index (κ2) is 8.06. The van der Waals surface area contributed by atoms with Crippen molar-refractivity contribution >= 4 is 41.5 Å². The number of carbonyl (C=O) groups is 1.